The fraction of sp³-hybridized carbons (Fsp3) is 0.389. The van der Waals surface area contributed by atoms with Crippen LogP contribution in [0.25, 0.3) is 0 Å². The first kappa shape index (κ1) is 16.2. The van der Waals surface area contributed by atoms with Gasteiger partial charge in [0.1, 0.15) is 0 Å². The van der Waals surface area contributed by atoms with Gasteiger partial charge in [0.25, 0.3) is 0 Å². The van der Waals surface area contributed by atoms with Gasteiger partial charge in [0.05, 0.1) is 12.7 Å². The molecular formula is C18H24O2. The quantitative estimate of drug-likeness (QED) is 0.404. The van der Waals surface area contributed by atoms with Crippen LogP contribution in [0.1, 0.15) is 45.6 Å². The standard InChI is InChI=1S/C18H24O2/c1-4-5-9-15(2)16(3)12-13-20-18(19)14-17-10-7-6-8-11-17/h6-8,10-13H,4-5,9,14H2,1-3H3/b13-12+,16-15+. The van der Waals surface area contributed by atoms with Gasteiger partial charge >= 0.3 is 5.97 Å². The first-order valence-electron chi connectivity index (χ1n) is 7.19. The van der Waals surface area contributed by atoms with E-state index >= 15 is 0 Å². The third kappa shape index (κ3) is 6.37. The molecule has 108 valence electrons. The van der Waals surface area contributed by atoms with Gasteiger partial charge < -0.3 is 4.74 Å². The van der Waals surface area contributed by atoms with Crippen molar-refractivity contribution in [2.45, 2.75) is 46.5 Å². The molecule has 0 saturated carbocycles. The van der Waals surface area contributed by atoms with Gasteiger partial charge in [0.2, 0.25) is 0 Å². The summed E-state index contributed by atoms with van der Waals surface area (Å²) >= 11 is 0. The molecule has 0 heterocycles. The zero-order valence-corrected chi connectivity index (χ0v) is 12.7. The second kappa shape index (κ2) is 9.13. The van der Waals surface area contributed by atoms with Crippen molar-refractivity contribution >= 4 is 5.97 Å². The SMILES string of the molecule is CCCC/C(C)=C(C)/C=C/OC(=O)Cc1ccccc1. The molecule has 0 fully saturated rings. The summed E-state index contributed by atoms with van der Waals surface area (Å²) in [6.45, 7) is 6.36. The molecule has 0 radical (unpaired) electrons. The topological polar surface area (TPSA) is 26.3 Å². The van der Waals surface area contributed by atoms with Crippen molar-refractivity contribution < 1.29 is 9.53 Å². The van der Waals surface area contributed by atoms with Gasteiger partial charge in [0, 0.05) is 0 Å². The average molecular weight is 272 g/mol. The van der Waals surface area contributed by atoms with Crippen LogP contribution in [0, 0.1) is 0 Å². The molecule has 2 heteroatoms. The number of unbranched alkanes of at least 4 members (excludes halogenated alkanes) is 1. The predicted octanol–water partition coefficient (Wildman–Crippen LogP) is 4.81. The summed E-state index contributed by atoms with van der Waals surface area (Å²) in [6.07, 6.45) is 7.17. The van der Waals surface area contributed by atoms with Crippen molar-refractivity contribution in [3.8, 4) is 0 Å². The fourth-order valence-electron chi connectivity index (χ4n) is 1.80. The van der Waals surface area contributed by atoms with Crippen molar-refractivity contribution in [2.24, 2.45) is 0 Å². The molecule has 2 nitrogen and oxygen atoms in total. The van der Waals surface area contributed by atoms with Crippen LogP contribution < -0.4 is 0 Å². The smallest absolute Gasteiger partial charge is 0.315 e. The van der Waals surface area contributed by atoms with Crippen molar-refractivity contribution in [3.05, 3.63) is 59.4 Å². The molecule has 1 aromatic rings. The lowest BCUT2D eigenvalue weighted by Crippen LogP contribution is -2.03. The summed E-state index contributed by atoms with van der Waals surface area (Å²) in [5.74, 6) is -0.230. The zero-order chi connectivity index (χ0) is 14.8. The molecular weight excluding hydrogens is 248 g/mol. The average Bonchev–Trinajstić information content (AvgIpc) is 2.45. The third-order valence-corrected chi connectivity index (χ3v) is 3.29. The third-order valence-electron chi connectivity index (χ3n) is 3.29. The Balaban J connectivity index is 2.42. The van der Waals surface area contributed by atoms with Crippen LogP contribution in [0.5, 0.6) is 0 Å². The van der Waals surface area contributed by atoms with E-state index in [-0.39, 0.29) is 5.97 Å². The van der Waals surface area contributed by atoms with E-state index in [9.17, 15) is 4.79 Å². The van der Waals surface area contributed by atoms with E-state index in [2.05, 4.69) is 13.8 Å². The Morgan fingerprint density at radius 3 is 2.55 bits per heavy atom. The Labute approximate surface area is 122 Å². The maximum absolute atomic E-state index is 11.6. The lowest BCUT2D eigenvalue weighted by molar-refractivity contribution is -0.137. The fourth-order valence-corrected chi connectivity index (χ4v) is 1.80. The number of allylic oxidation sites excluding steroid dienone is 3. The zero-order valence-electron chi connectivity index (χ0n) is 12.7. The molecule has 0 saturated heterocycles. The van der Waals surface area contributed by atoms with Crippen molar-refractivity contribution in [1.29, 1.82) is 0 Å². The number of esters is 1. The first-order valence-corrected chi connectivity index (χ1v) is 7.19. The highest BCUT2D eigenvalue weighted by molar-refractivity contribution is 5.73. The monoisotopic (exact) mass is 272 g/mol. The highest BCUT2D eigenvalue weighted by Gasteiger charge is 2.02. The number of hydrogen-bond acceptors (Lipinski definition) is 2. The van der Waals surface area contributed by atoms with Gasteiger partial charge in [0.15, 0.2) is 0 Å². The minimum Gasteiger partial charge on any atom is -0.434 e. The highest BCUT2D eigenvalue weighted by atomic mass is 16.5. The van der Waals surface area contributed by atoms with Crippen molar-refractivity contribution in [3.63, 3.8) is 0 Å². The van der Waals surface area contributed by atoms with Crippen LogP contribution in [0.15, 0.2) is 53.8 Å². The molecule has 0 atom stereocenters. The molecule has 0 spiro atoms. The summed E-state index contributed by atoms with van der Waals surface area (Å²) in [6, 6.07) is 9.61. The Kier molecular flexibility index (Phi) is 7.41. The number of benzene rings is 1. The maximum Gasteiger partial charge on any atom is 0.315 e. The highest BCUT2D eigenvalue weighted by Crippen LogP contribution is 2.12. The molecule has 0 aromatic heterocycles. The van der Waals surface area contributed by atoms with E-state index in [1.165, 1.54) is 30.2 Å². The number of carbonyl (C=O) groups excluding carboxylic acids is 1. The van der Waals surface area contributed by atoms with E-state index in [1.807, 2.05) is 43.3 Å². The van der Waals surface area contributed by atoms with Gasteiger partial charge in [-0.25, -0.2) is 0 Å². The lowest BCUT2D eigenvalue weighted by Gasteiger charge is -2.03. The molecule has 0 aliphatic heterocycles. The molecule has 0 bridgehead atoms. The van der Waals surface area contributed by atoms with Gasteiger partial charge in [-0.1, -0.05) is 49.2 Å². The van der Waals surface area contributed by atoms with E-state index in [0.29, 0.717) is 6.42 Å². The summed E-state index contributed by atoms with van der Waals surface area (Å²) < 4.78 is 5.12. The van der Waals surface area contributed by atoms with Crippen LogP contribution in [0.3, 0.4) is 0 Å². The second-order valence-corrected chi connectivity index (χ2v) is 5.02. The molecule has 0 unspecified atom stereocenters. The van der Waals surface area contributed by atoms with Crippen LogP contribution in [-0.2, 0) is 16.0 Å². The van der Waals surface area contributed by atoms with Crippen LogP contribution >= 0.6 is 0 Å². The summed E-state index contributed by atoms with van der Waals surface area (Å²) in [5.41, 5.74) is 3.49. The number of rotatable bonds is 7. The van der Waals surface area contributed by atoms with Crippen LogP contribution in [0.2, 0.25) is 0 Å². The Morgan fingerprint density at radius 2 is 1.90 bits per heavy atom. The molecule has 0 aliphatic rings. The molecule has 0 N–H and O–H groups in total. The lowest BCUT2D eigenvalue weighted by atomic mass is 10.1. The molecule has 0 amide bonds. The summed E-state index contributed by atoms with van der Waals surface area (Å²) in [5, 5.41) is 0. The molecule has 1 rings (SSSR count). The predicted molar refractivity (Wildman–Crippen MR) is 83.3 cm³/mol. The number of ether oxygens (including phenoxy) is 1. The summed E-state index contributed by atoms with van der Waals surface area (Å²) in [4.78, 5) is 11.6. The Morgan fingerprint density at radius 1 is 1.20 bits per heavy atom. The van der Waals surface area contributed by atoms with Crippen LogP contribution in [0.4, 0.5) is 0 Å². The van der Waals surface area contributed by atoms with Gasteiger partial charge in [-0.05, 0) is 43.9 Å². The number of carbonyl (C=O) groups is 1. The Bertz CT molecular complexity index is 469. The van der Waals surface area contributed by atoms with E-state index in [1.54, 1.807) is 0 Å². The maximum atomic E-state index is 11.6. The molecule has 0 aliphatic carbocycles. The minimum absolute atomic E-state index is 0.230. The first-order chi connectivity index (χ1) is 9.63. The van der Waals surface area contributed by atoms with E-state index in [4.69, 9.17) is 4.74 Å². The van der Waals surface area contributed by atoms with E-state index in [0.717, 1.165) is 12.0 Å². The number of hydrogen-bond donors (Lipinski definition) is 0. The van der Waals surface area contributed by atoms with Gasteiger partial charge in [-0.2, -0.15) is 0 Å². The largest absolute Gasteiger partial charge is 0.434 e. The van der Waals surface area contributed by atoms with Crippen molar-refractivity contribution in [1.82, 2.24) is 0 Å². The van der Waals surface area contributed by atoms with Crippen LogP contribution in [-0.4, -0.2) is 5.97 Å². The second-order valence-electron chi connectivity index (χ2n) is 5.02. The van der Waals surface area contributed by atoms with Gasteiger partial charge in [-0.15, -0.1) is 0 Å². The normalized spacial score (nSPS) is 12.3. The van der Waals surface area contributed by atoms with E-state index < -0.39 is 0 Å². The summed E-state index contributed by atoms with van der Waals surface area (Å²) in [7, 11) is 0. The van der Waals surface area contributed by atoms with Crippen molar-refractivity contribution in [2.75, 3.05) is 0 Å². The molecule has 1 aromatic carbocycles. The minimum atomic E-state index is -0.230. The molecule has 20 heavy (non-hydrogen) atoms. The Hall–Kier alpha value is -1.83. The van der Waals surface area contributed by atoms with Gasteiger partial charge in [-0.3, -0.25) is 4.79 Å².